The van der Waals surface area contributed by atoms with Gasteiger partial charge in [0.2, 0.25) is 0 Å². The highest BCUT2D eigenvalue weighted by molar-refractivity contribution is 7.14. The molecule has 3 aromatic rings. The number of hydrogen-bond donors (Lipinski definition) is 3. The van der Waals surface area contributed by atoms with Gasteiger partial charge in [-0.3, -0.25) is 0 Å². The number of para-hydroxylation sites is 2. The third kappa shape index (κ3) is 3.88. The molecule has 6 nitrogen and oxygen atoms in total. The zero-order valence-corrected chi connectivity index (χ0v) is 16.8. The van der Waals surface area contributed by atoms with Gasteiger partial charge in [-0.15, -0.1) is 22.7 Å². The highest BCUT2D eigenvalue weighted by Gasteiger charge is 2.17. The van der Waals surface area contributed by atoms with Crippen LogP contribution in [0.3, 0.4) is 0 Å². The number of anilines is 4. The number of nitrogens with zero attached hydrogens (tertiary/aromatic N) is 2. The minimum Gasteiger partial charge on any atom is -0.477 e. The molecule has 0 aliphatic carbocycles. The number of hydrogen-bond acceptors (Lipinski definition) is 7. The number of rotatable bonds is 7. The average Bonchev–Trinajstić information content (AvgIpc) is 3.44. The van der Waals surface area contributed by atoms with Crippen LogP contribution in [0.15, 0.2) is 47.7 Å². The molecule has 3 heterocycles. The molecule has 0 radical (unpaired) electrons. The number of carbonyl (C=O) groups is 1. The Bertz CT molecular complexity index is 1010. The van der Waals surface area contributed by atoms with Crippen molar-refractivity contribution in [3.8, 4) is 0 Å². The Morgan fingerprint density at radius 3 is 2.71 bits per heavy atom. The summed E-state index contributed by atoms with van der Waals surface area (Å²) >= 11 is 2.60. The summed E-state index contributed by atoms with van der Waals surface area (Å²) in [4.78, 5) is 18.5. The van der Waals surface area contributed by atoms with Gasteiger partial charge in [-0.2, -0.15) is 0 Å². The Morgan fingerprint density at radius 1 is 1.14 bits per heavy atom. The van der Waals surface area contributed by atoms with Gasteiger partial charge in [-0.25, -0.2) is 9.78 Å². The van der Waals surface area contributed by atoms with Crippen molar-refractivity contribution in [1.82, 2.24) is 4.98 Å². The van der Waals surface area contributed by atoms with E-state index < -0.39 is 5.97 Å². The third-order valence-corrected chi connectivity index (χ3v) is 6.21. The van der Waals surface area contributed by atoms with E-state index in [0.29, 0.717) is 16.5 Å². The fraction of sp³-hybridized carbons (Fsp3) is 0.200. The molecule has 0 amide bonds. The van der Waals surface area contributed by atoms with Gasteiger partial charge < -0.3 is 20.6 Å². The number of thiophene rings is 1. The lowest BCUT2D eigenvalue weighted by Crippen LogP contribution is -2.19. The van der Waals surface area contributed by atoms with Crippen LogP contribution < -0.4 is 15.5 Å². The van der Waals surface area contributed by atoms with Gasteiger partial charge in [0.25, 0.3) is 0 Å². The molecule has 28 heavy (non-hydrogen) atoms. The van der Waals surface area contributed by atoms with Crippen LogP contribution in [0.25, 0.3) is 5.70 Å². The van der Waals surface area contributed by atoms with Crippen molar-refractivity contribution in [3.63, 3.8) is 0 Å². The molecule has 1 aliphatic rings. The van der Waals surface area contributed by atoms with Crippen molar-refractivity contribution in [3.05, 3.63) is 58.2 Å². The summed E-state index contributed by atoms with van der Waals surface area (Å²) in [7, 11) is 0. The van der Waals surface area contributed by atoms with Gasteiger partial charge >= 0.3 is 5.97 Å². The second-order valence-electron chi connectivity index (χ2n) is 6.45. The summed E-state index contributed by atoms with van der Waals surface area (Å²) in [5.41, 5.74) is 4.19. The third-order valence-electron chi connectivity index (χ3n) is 4.55. The summed E-state index contributed by atoms with van der Waals surface area (Å²) in [5, 5.41) is 20.0. The van der Waals surface area contributed by atoms with Crippen molar-refractivity contribution in [2.24, 2.45) is 0 Å². The average molecular weight is 413 g/mol. The van der Waals surface area contributed by atoms with E-state index in [1.54, 1.807) is 11.4 Å². The molecule has 0 spiro atoms. The van der Waals surface area contributed by atoms with Crippen molar-refractivity contribution < 1.29 is 9.90 Å². The molecule has 0 saturated carbocycles. The van der Waals surface area contributed by atoms with Crippen molar-refractivity contribution in [1.29, 1.82) is 0 Å². The number of thiazole rings is 1. The standard InChI is InChI=1S/C20H20N4O2S2/c1-13(21-14-6-2-3-7-17(14)24-9-4-5-10-24)16-12-28-20(23-16)22-15-8-11-27-18(15)19(25)26/h2-3,6-8,11-12,21H,1,4-5,9-10H2,(H,22,23)(H,25,26). The van der Waals surface area contributed by atoms with Crippen LogP contribution in [0.5, 0.6) is 0 Å². The normalized spacial score (nSPS) is 13.5. The van der Waals surface area contributed by atoms with Crippen LogP contribution in [0, 0.1) is 0 Å². The Balaban J connectivity index is 1.48. The Hall–Kier alpha value is -2.84. The van der Waals surface area contributed by atoms with E-state index in [-0.39, 0.29) is 4.88 Å². The summed E-state index contributed by atoms with van der Waals surface area (Å²) in [5.74, 6) is -0.945. The Labute approximate surface area is 171 Å². The maximum atomic E-state index is 11.3. The molecule has 1 aliphatic heterocycles. The summed E-state index contributed by atoms with van der Waals surface area (Å²) in [6, 6.07) is 9.98. The lowest BCUT2D eigenvalue weighted by atomic mass is 10.2. The predicted molar refractivity (Wildman–Crippen MR) is 117 cm³/mol. The molecule has 1 aromatic carbocycles. The summed E-state index contributed by atoms with van der Waals surface area (Å²) in [6.45, 7) is 6.28. The first-order chi connectivity index (χ1) is 13.6. The van der Waals surface area contributed by atoms with Crippen LogP contribution in [0.1, 0.15) is 28.2 Å². The van der Waals surface area contributed by atoms with Crippen molar-refractivity contribution in [2.45, 2.75) is 12.8 Å². The van der Waals surface area contributed by atoms with E-state index in [1.165, 1.54) is 41.2 Å². The fourth-order valence-electron chi connectivity index (χ4n) is 3.20. The van der Waals surface area contributed by atoms with Crippen LogP contribution in [-0.4, -0.2) is 29.1 Å². The SMILES string of the molecule is C=C(Nc1ccccc1N1CCCC1)c1csc(Nc2ccsc2C(=O)O)n1. The van der Waals surface area contributed by atoms with E-state index in [1.807, 2.05) is 17.5 Å². The largest absolute Gasteiger partial charge is 0.477 e. The first-order valence-corrected chi connectivity index (χ1v) is 10.7. The lowest BCUT2D eigenvalue weighted by Gasteiger charge is -2.22. The van der Waals surface area contributed by atoms with Crippen molar-refractivity contribution >= 4 is 56.5 Å². The topological polar surface area (TPSA) is 77.5 Å². The summed E-state index contributed by atoms with van der Waals surface area (Å²) < 4.78 is 0. The first kappa shape index (κ1) is 18.5. The van der Waals surface area contributed by atoms with E-state index in [4.69, 9.17) is 0 Å². The number of carboxylic acid groups (broad SMARTS) is 1. The molecule has 2 aromatic heterocycles. The number of aromatic nitrogens is 1. The Kier molecular flexibility index (Phi) is 5.31. The van der Waals surface area contributed by atoms with Crippen LogP contribution >= 0.6 is 22.7 Å². The molecule has 144 valence electrons. The quantitative estimate of drug-likeness (QED) is 0.487. The molecule has 4 rings (SSSR count). The first-order valence-electron chi connectivity index (χ1n) is 8.95. The van der Waals surface area contributed by atoms with Crippen molar-refractivity contribution in [2.75, 3.05) is 28.6 Å². The maximum Gasteiger partial charge on any atom is 0.348 e. The smallest absolute Gasteiger partial charge is 0.348 e. The number of aromatic carboxylic acids is 1. The van der Waals surface area contributed by atoms with Crippen LogP contribution in [0.4, 0.5) is 22.2 Å². The van der Waals surface area contributed by atoms with E-state index >= 15 is 0 Å². The van der Waals surface area contributed by atoms with Gasteiger partial charge in [0.15, 0.2) is 5.13 Å². The highest BCUT2D eigenvalue weighted by Crippen LogP contribution is 2.32. The Morgan fingerprint density at radius 2 is 1.93 bits per heavy atom. The lowest BCUT2D eigenvalue weighted by molar-refractivity contribution is 0.0703. The fourth-order valence-corrected chi connectivity index (χ4v) is 4.62. The van der Waals surface area contributed by atoms with Gasteiger partial charge in [0.1, 0.15) is 4.88 Å². The molecule has 3 N–H and O–H groups in total. The number of benzene rings is 1. The molecule has 1 saturated heterocycles. The maximum absolute atomic E-state index is 11.3. The molecular weight excluding hydrogens is 392 g/mol. The molecule has 8 heteroatoms. The van der Waals surface area contributed by atoms with Gasteiger partial charge in [-0.05, 0) is 36.4 Å². The molecule has 1 fully saturated rings. The van der Waals surface area contributed by atoms with E-state index in [2.05, 4.69) is 39.2 Å². The number of nitrogens with one attached hydrogen (secondary N) is 2. The van der Waals surface area contributed by atoms with Gasteiger partial charge in [0, 0.05) is 18.5 Å². The second-order valence-corrected chi connectivity index (χ2v) is 8.22. The molecule has 0 atom stereocenters. The van der Waals surface area contributed by atoms with E-state index in [0.717, 1.165) is 24.5 Å². The zero-order valence-electron chi connectivity index (χ0n) is 15.1. The molecule has 0 bridgehead atoms. The predicted octanol–water partition coefficient (Wildman–Crippen LogP) is 5.33. The highest BCUT2D eigenvalue weighted by atomic mass is 32.1. The van der Waals surface area contributed by atoms with Crippen LogP contribution in [-0.2, 0) is 0 Å². The van der Waals surface area contributed by atoms with E-state index in [9.17, 15) is 9.90 Å². The zero-order chi connectivity index (χ0) is 19.5. The van der Waals surface area contributed by atoms with Crippen LogP contribution in [0.2, 0.25) is 0 Å². The van der Waals surface area contributed by atoms with Gasteiger partial charge in [-0.1, -0.05) is 18.7 Å². The number of carboxylic acids is 1. The monoisotopic (exact) mass is 412 g/mol. The van der Waals surface area contributed by atoms with Gasteiger partial charge in [0.05, 0.1) is 28.5 Å². The molecular formula is C20H20N4O2S2. The minimum absolute atomic E-state index is 0.272. The molecule has 0 unspecified atom stereocenters. The second kappa shape index (κ2) is 8.04. The summed E-state index contributed by atoms with van der Waals surface area (Å²) in [6.07, 6.45) is 2.44. The minimum atomic E-state index is -0.945.